The van der Waals surface area contributed by atoms with Crippen molar-refractivity contribution in [3.05, 3.63) is 59.9 Å². The first-order valence-electron chi connectivity index (χ1n) is 13.7. The molecule has 2 aromatic rings. The summed E-state index contributed by atoms with van der Waals surface area (Å²) in [5, 5.41) is 0. The van der Waals surface area contributed by atoms with E-state index in [4.69, 9.17) is 4.74 Å². The van der Waals surface area contributed by atoms with Gasteiger partial charge in [-0.2, -0.15) is 0 Å². The maximum atomic E-state index is 14.5. The van der Waals surface area contributed by atoms with E-state index in [0.29, 0.717) is 50.5 Å². The lowest BCUT2D eigenvalue weighted by Gasteiger charge is -2.38. The summed E-state index contributed by atoms with van der Waals surface area (Å²) < 4.78 is 45.7. The quantitative estimate of drug-likeness (QED) is 0.529. The van der Waals surface area contributed by atoms with Crippen LogP contribution in [0.15, 0.2) is 48.5 Å². The van der Waals surface area contributed by atoms with E-state index in [9.17, 15) is 22.4 Å². The summed E-state index contributed by atoms with van der Waals surface area (Å²) in [6.07, 6.45) is 2.08. The first-order valence-corrected chi connectivity index (χ1v) is 15.5. The predicted octanol–water partition coefficient (Wildman–Crippen LogP) is 3.52. The Bertz CT molecular complexity index is 1390. The second-order valence-corrected chi connectivity index (χ2v) is 13.4. The van der Waals surface area contributed by atoms with Crippen molar-refractivity contribution in [1.29, 1.82) is 0 Å². The molecule has 216 valence electrons. The molecule has 3 saturated heterocycles. The molecule has 0 aromatic heterocycles. The van der Waals surface area contributed by atoms with E-state index in [0.717, 1.165) is 5.56 Å². The smallest absolute Gasteiger partial charge is 0.325 e. The predicted molar refractivity (Wildman–Crippen MR) is 150 cm³/mol. The normalized spacial score (nSPS) is 24.5. The Kier molecular flexibility index (Phi) is 7.56. The fourth-order valence-electron chi connectivity index (χ4n) is 6.62. The number of urea groups is 1. The van der Waals surface area contributed by atoms with E-state index in [1.54, 1.807) is 29.0 Å². The van der Waals surface area contributed by atoms with Crippen LogP contribution in [0.3, 0.4) is 0 Å². The SMILES string of the molecule is COc1ccccc1[C@H]1CN(C(=O)C2CCN(S(C)(=O)=O)CC2)C[C@@]12CN(C(C)C)C(=O)N2c1cccc(F)c1. The molecular formula is C29H37FN4O5S. The number of sulfonamides is 1. The monoisotopic (exact) mass is 572 g/mol. The molecule has 3 aliphatic heterocycles. The summed E-state index contributed by atoms with van der Waals surface area (Å²) >= 11 is 0. The van der Waals surface area contributed by atoms with E-state index in [2.05, 4.69) is 0 Å². The molecule has 0 N–H and O–H groups in total. The largest absolute Gasteiger partial charge is 0.496 e. The number of carbonyl (C=O) groups excluding carboxylic acids is 2. The minimum atomic E-state index is -3.31. The zero-order valence-electron chi connectivity index (χ0n) is 23.4. The minimum Gasteiger partial charge on any atom is -0.496 e. The van der Waals surface area contributed by atoms with Gasteiger partial charge >= 0.3 is 6.03 Å². The summed E-state index contributed by atoms with van der Waals surface area (Å²) in [7, 11) is -1.71. The van der Waals surface area contributed by atoms with Crippen molar-refractivity contribution in [2.24, 2.45) is 5.92 Å². The average molecular weight is 573 g/mol. The van der Waals surface area contributed by atoms with E-state index in [-0.39, 0.29) is 36.4 Å². The number of hydrogen-bond donors (Lipinski definition) is 0. The lowest BCUT2D eigenvalue weighted by molar-refractivity contribution is -0.135. The van der Waals surface area contributed by atoms with E-state index >= 15 is 0 Å². The van der Waals surface area contributed by atoms with Gasteiger partial charge in [-0.05, 0) is 51.0 Å². The molecule has 11 heteroatoms. The molecule has 1 spiro atoms. The molecular weight excluding hydrogens is 535 g/mol. The first-order chi connectivity index (χ1) is 19.0. The van der Waals surface area contributed by atoms with Crippen molar-refractivity contribution in [3.63, 3.8) is 0 Å². The van der Waals surface area contributed by atoms with Gasteiger partial charge in [-0.3, -0.25) is 9.69 Å². The van der Waals surface area contributed by atoms with Crippen molar-refractivity contribution in [1.82, 2.24) is 14.1 Å². The summed E-state index contributed by atoms with van der Waals surface area (Å²) in [5.74, 6) is -0.440. The maximum absolute atomic E-state index is 14.5. The number of methoxy groups -OCH3 is 1. The molecule has 2 atom stereocenters. The molecule has 40 heavy (non-hydrogen) atoms. The van der Waals surface area contributed by atoms with Crippen molar-refractivity contribution in [2.45, 2.75) is 44.2 Å². The number of anilines is 1. The molecule has 3 fully saturated rings. The van der Waals surface area contributed by atoms with E-state index in [1.807, 2.05) is 43.0 Å². The van der Waals surface area contributed by atoms with Crippen molar-refractivity contribution in [3.8, 4) is 5.75 Å². The van der Waals surface area contributed by atoms with Gasteiger partial charge < -0.3 is 14.5 Å². The molecule has 0 aliphatic carbocycles. The molecule has 3 aliphatic rings. The fourth-order valence-corrected chi connectivity index (χ4v) is 7.50. The van der Waals surface area contributed by atoms with Crippen molar-refractivity contribution in [2.75, 3.05) is 51.0 Å². The number of piperidine rings is 1. The third kappa shape index (κ3) is 4.94. The average Bonchev–Trinajstić information content (AvgIpc) is 3.44. The Balaban J connectivity index is 1.57. The summed E-state index contributed by atoms with van der Waals surface area (Å²) in [5.41, 5.74) is 0.461. The Labute approximate surface area is 235 Å². The van der Waals surface area contributed by atoms with Crippen LogP contribution < -0.4 is 9.64 Å². The maximum Gasteiger partial charge on any atom is 0.325 e. The number of carbonyl (C=O) groups is 2. The molecule has 0 saturated carbocycles. The van der Waals surface area contributed by atoms with Crippen molar-refractivity contribution >= 4 is 27.6 Å². The van der Waals surface area contributed by atoms with Crippen molar-refractivity contribution < 1.29 is 27.1 Å². The molecule has 3 heterocycles. The van der Waals surface area contributed by atoms with Crippen LogP contribution in [0.2, 0.25) is 0 Å². The van der Waals surface area contributed by atoms with Crippen LogP contribution >= 0.6 is 0 Å². The molecule has 9 nitrogen and oxygen atoms in total. The van der Waals surface area contributed by atoms with Gasteiger partial charge in [0.15, 0.2) is 0 Å². The highest BCUT2D eigenvalue weighted by atomic mass is 32.2. The third-order valence-electron chi connectivity index (χ3n) is 8.63. The summed E-state index contributed by atoms with van der Waals surface area (Å²) in [6.45, 7) is 5.50. The summed E-state index contributed by atoms with van der Waals surface area (Å²) in [6, 6.07) is 13.4. The number of nitrogens with zero attached hydrogens (tertiary/aromatic N) is 4. The molecule has 0 unspecified atom stereocenters. The number of halogens is 1. The van der Waals surface area contributed by atoms with Gasteiger partial charge in [0.1, 0.15) is 11.6 Å². The zero-order valence-corrected chi connectivity index (χ0v) is 24.2. The molecule has 0 radical (unpaired) electrons. The molecule has 2 aromatic carbocycles. The Hall–Kier alpha value is -3.18. The number of amides is 3. The van der Waals surface area contributed by atoms with Gasteiger partial charge in [-0.25, -0.2) is 21.9 Å². The summed E-state index contributed by atoms with van der Waals surface area (Å²) in [4.78, 5) is 33.3. The van der Waals surface area contributed by atoms with Gasteiger partial charge in [-0.15, -0.1) is 0 Å². The highest BCUT2D eigenvalue weighted by Crippen LogP contribution is 2.49. The zero-order chi connectivity index (χ0) is 28.8. The minimum absolute atomic E-state index is 0.0421. The molecule has 5 rings (SSSR count). The Morgan fingerprint density at radius 2 is 1.77 bits per heavy atom. The third-order valence-corrected chi connectivity index (χ3v) is 9.93. The van der Waals surface area contributed by atoms with Crippen LogP contribution in [0.25, 0.3) is 0 Å². The number of hydrogen-bond acceptors (Lipinski definition) is 5. The van der Waals surface area contributed by atoms with Gasteiger partial charge in [0.25, 0.3) is 0 Å². The van der Waals surface area contributed by atoms with Crippen LogP contribution in [0, 0.1) is 11.7 Å². The Morgan fingerprint density at radius 3 is 2.40 bits per heavy atom. The number of likely N-dealkylation sites (tertiary alicyclic amines) is 1. The topological polar surface area (TPSA) is 90.5 Å². The van der Waals surface area contributed by atoms with Gasteiger partial charge in [0.05, 0.1) is 18.9 Å². The van der Waals surface area contributed by atoms with Gasteiger partial charge in [-0.1, -0.05) is 24.3 Å². The Morgan fingerprint density at radius 1 is 1.07 bits per heavy atom. The number of ether oxygens (including phenoxy) is 1. The molecule has 3 amide bonds. The van der Waals surface area contributed by atoms with Crippen LogP contribution in [0.4, 0.5) is 14.9 Å². The van der Waals surface area contributed by atoms with Gasteiger partial charge in [0, 0.05) is 61.9 Å². The van der Waals surface area contributed by atoms with Crippen LogP contribution in [0.1, 0.15) is 38.2 Å². The van der Waals surface area contributed by atoms with Gasteiger partial charge in [0.2, 0.25) is 15.9 Å². The molecule has 0 bridgehead atoms. The van der Waals surface area contributed by atoms with Crippen LogP contribution in [-0.2, 0) is 14.8 Å². The fraction of sp³-hybridized carbons (Fsp3) is 0.517. The number of para-hydroxylation sites is 1. The second kappa shape index (κ2) is 10.7. The standard InChI is InChI=1S/C29H37FN4O5S/c1-20(2)33-19-29(34(28(33)36)23-9-7-8-22(30)16-23)18-31(17-25(29)24-10-5-6-11-26(24)39-3)27(35)21-12-14-32(15-13-21)40(4,37)38/h5-11,16,20-21,25H,12-15,17-19H2,1-4H3/t25-,29-/m1/s1. The van der Waals surface area contributed by atoms with Crippen LogP contribution in [-0.4, -0.2) is 92.1 Å². The van der Waals surface area contributed by atoms with E-state index < -0.39 is 21.4 Å². The highest BCUT2D eigenvalue weighted by Gasteiger charge is 2.61. The number of benzene rings is 2. The highest BCUT2D eigenvalue weighted by molar-refractivity contribution is 7.88. The second-order valence-electron chi connectivity index (χ2n) is 11.4. The van der Waals surface area contributed by atoms with Crippen LogP contribution in [0.5, 0.6) is 5.75 Å². The first kappa shape index (κ1) is 28.4. The lowest BCUT2D eigenvalue weighted by atomic mass is 9.80. The van der Waals surface area contributed by atoms with E-state index in [1.165, 1.54) is 22.7 Å². The lowest BCUT2D eigenvalue weighted by Crippen LogP contribution is -2.53. The number of rotatable bonds is 6.